The summed E-state index contributed by atoms with van der Waals surface area (Å²) in [4.78, 5) is 17.7. The van der Waals surface area contributed by atoms with Crippen molar-refractivity contribution < 1.29 is 4.74 Å². The fourth-order valence-corrected chi connectivity index (χ4v) is 2.68. The number of rotatable bonds is 10. The molecule has 0 spiro atoms. The molecule has 0 radical (unpaired) electrons. The molecule has 7 nitrogen and oxygen atoms in total. The Hall–Kier alpha value is -2.28. The highest BCUT2D eigenvalue weighted by Gasteiger charge is 2.16. The average Bonchev–Trinajstić information content (AvgIpc) is 2.66. The van der Waals surface area contributed by atoms with Crippen LogP contribution in [0.5, 0.6) is 0 Å². The second-order valence-electron chi connectivity index (χ2n) is 6.85. The predicted octanol–water partition coefficient (Wildman–Crippen LogP) is 3.60. The van der Waals surface area contributed by atoms with Gasteiger partial charge >= 0.3 is 0 Å². The molecule has 0 bridgehead atoms. The number of aromatic nitrogens is 4. The summed E-state index contributed by atoms with van der Waals surface area (Å²) in [6.45, 7) is 13.5. The second-order valence-corrected chi connectivity index (χ2v) is 6.85. The lowest BCUT2D eigenvalue weighted by atomic mass is 10.2. The maximum atomic E-state index is 6.31. The lowest BCUT2D eigenvalue weighted by Gasteiger charge is -2.25. The number of aryl methyl sites for hydroxylation is 4. The minimum atomic E-state index is 0.100. The molecule has 2 heterocycles. The smallest absolute Gasteiger partial charge is 0.147 e. The summed E-state index contributed by atoms with van der Waals surface area (Å²) in [5.41, 5.74) is 3.61. The van der Waals surface area contributed by atoms with Crippen LogP contribution in [-0.4, -0.2) is 45.2 Å². The highest BCUT2D eigenvalue weighted by molar-refractivity contribution is 5.40. The van der Waals surface area contributed by atoms with Crippen LogP contribution in [0, 0.1) is 27.7 Å². The third-order valence-corrected chi connectivity index (χ3v) is 4.44. The first kappa shape index (κ1) is 21.0. The predicted molar refractivity (Wildman–Crippen MR) is 109 cm³/mol. The van der Waals surface area contributed by atoms with Gasteiger partial charge in [0.1, 0.15) is 11.6 Å². The minimum absolute atomic E-state index is 0.100. The molecule has 2 N–H and O–H groups in total. The Bertz CT molecular complexity index is 675. The number of ether oxygens (including phenoxy) is 1. The maximum Gasteiger partial charge on any atom is 0.147 e. The molecule has 0 aromatic carbocycles. The van der Waals surface area contributed by atoms with Gasteiger partial charge in [0.2, 0.25) is 0 Å². The molecule has 0 aliphatic heterocycles. The van der Waals surface area contributed by atoms with E-state index in [1.807, 2.05) is 27.7 Å². The number of anilines is 2. The van der Waals surface area contributed by atoms with Crippen LogP contribution in [0.25, 0.3) is 0 Å². The molecule has 2 aromatic rings. The third kappa shape index (κ3) is 6.43. The highest BCUT2D eigenvalue weighted by Crippen LogP contribution is 2.13. The Morgan fingerprint density at radius 2 is 1.19 bits per heavy atom. The van der Waals surface area contributed by atoms with E-state index in [1.54, 1.807) is 12.4 Å². The number of nitrogens with zero attached hydrogens (tertiary/aromatic N) is 4. The molecule has 2 unspecified atom stereocenters. The van der Waals surface area contributed by atoms with Gasteiger partial charge in [-0.2, -0.15) is 0 Å². The highest BCUT2D eigenvalue weighted by atomic mass is 16.5. The molecular formula is C20H32N6O. The molecule has 2 atom stereocenters. The average molecular weight is 373 g/mol. The topological polar surface area (TPSA) is 84.9 Å². The van der Waals surface area contributed by atoms with Gasteiger partial charge in [-0.15, -0.1) is 0 Å². The fraction of sp³-hybridized carbons (Fsp3) is 0.600. The van der Waals surface area contributed by atoms with E-state index >= 15 is 0 Å². The Balaban J connectivity index is 1.90. The van der Waals surface area contributed by atoms with Crippen molar-refractivity contribution in [2.75, 3.05) is 23.7 Å². The van der Waals surface area contributed by atoms with Crippen LogP contribution in [-0.2, 0) is 4.74 Å². The lowest BCUT2D eigenvalue weighted by molar-refractivity contribution is -0.00126. The van der Waals surface area contributed by atoms with Gasteiger partial charge in [0.15, 0.2) is 0 Å². The number of hydrogen-bond donors (Lipinski definition) is 2. The van der Waals surface area contributed by atoms with Gasteiger partial charge in [-0.3, -0.25) is 9.97 Å². The van der Waals surface area contributed by atoms with Gasteiger partial charge in [0.25, 0.3) is 0 Å². The van der Waals surface area contributed by atoms with E-state index in [4.69, 9.17) is 4.74 Å². The van der Waals surface area contributed by atoms with Crippen LogP contribution in [0.2, 0.25) is 0 Å². The van der Waals surface area contributed by atoms with Gasteiger partial charge < -0.3 is 15.4 Å². The lowest BCUT2D eigenvalue weighted by Crippen LogP contribution is -2.32. The summed E-state index contributed by atoms with van der Waals surface area (Å²) in [7, 11) is 0. The molecule has 0 saturated heterocycles. The van der Waals surface area contributed by atoms with E-state index in [9.17, 15) is 0 Å². The Morgan fingerprint density at radius 1 is 0.778 bits per heavy atom. The van der Waals surface area contributed by atoms with Gasteiger partial charge in [0.05, 0.1) is 35.0 Å². The third-order valence-electron chi connectivity index (χ3n) is 4.44. The van der Waals surface area contributed by atoms with Crippen LogP contribution >= 0.6 is 0 Å². The summed E-state index contributed by atoms with van der Waals surface area (Å²) >= 11 is 0. The van der Waals surface area contributed by atoms with Crippen LogP contribution in [0.15, 0.2) is 12.4 Å². The number of hydrogen-bond acceptors (Lipinski definition) is 7. The van der Waals surface area contributed by atoms with Crippen molar-refractivity contribution in [1.82, 2.24) is 19.9 Å². The molecule has 2 rings (SSSR count). The molecule has 0 saturated carbocycles. The van der Waals surface area contributed by atoms with Gasteiger partial charge in [0, 0.05) is 25.5 Å². The fourth-order valence-electron chi connectivity index (χ4n) is 2.68. The molecular weight excluding hydrogens is 340 g/mol. The van der Waals surface area contributed by atoms with E-state index in [0.717, 1.165) is 47.3 Å². The standard InChI is InChI=1S/C20H32N6O/c1-7-17(11-23-19-15(5)21-9-13(3)25-19)27-18(8-2)12-24-20-16(6)22-10-14(4)26-20/h9-10,17-18H,7-8,11-12H2,1-6H3,(H,23,25)(H,24,26). The van der Waals surface area contributed by atoms with Gasteiger partial charge in [-0.25, -0.2) is 9.97 Å². The Kier molecular flexibility index (Phi) is 7.91. The van der Waals surface area contributed by atoms with E-state index < -0.39 is 0 Å². The molecule has 148 valence electrons. The SMILES string of the molecule is CCC(CNc1nc(C)cnc1C)OC(CC)CNc1nc(C)cnc1C. The Morgan fingerprint density at radius 3 is 1.56 bits per heavy atom. The monoisotopic (exact) mass is 372 g/mol. The minimum Gasteiger partial charge on any atom is -0.371 e. The molecule has 0 aliphatic carbocycles. The van der Waals surface area contributed by atoms with Crippen LogP contribution in [0.4, 0.5) is 11.6 Å². The van der Waals surface area contributed by atoms with Crippen molar-refractivity contribution in [1.29, 1.82) is 0 Å². The van der Waals surface area contributed by atoms with Crippen molar-refractivity contribution in [2.45, 2.75) is 66.6 Å². The van der Waals surface area contributed by atoms with E-state index in [0.29, 0.717) is 13.1 Å². The largest absolute Gasteiger partial charge is 0.371 e. The van der Waals surface area contributed by atoms with Crippen LogP contribution in [0.3, 0.4) is 0 Å². The first-order valence-corrected chi connectivity index (χ1v) is 9.66. The van der Waals surface area contributed by atoms with Crippen molar-refractivity contribution in [3.63, 3.8) is 0 Å². The van der Waals surface area contributed by atoms with E-state index in [-0.39, 0.29) is 12.2 Å². The van der Waals surface area contributed by atoms with Crippen LogP contribution in [0.1, 0.15) is 49.5 Å². The molecule has 7 heteroatoms. The van der Waals surface area contributed by atoms with E-state index in [1.165, 1.54) is 0 Å². The van der Waals surface area contributed by atoms with Crippen molar-refractivity contribution >= 4 is 11.6 Å². The van der Waals surface area contributed by atoms with Crippen molar-refractivity contribution in [3.8, 4) is 0 Å². The summed E-state index contributed by atoms with van der Waals surface area (Å²) in [6, 6.07) is 0. The quantitative estimate of drug-likeness (QED) is 0.659. The maximum absolute atomic E-state index is 6.31. The van der Waals surface area contributed by atoms with Gasteiger partial charge in [-0.05, 0) is 40.5 Å². The summed E-state index contributed by atoms with van der Waals surface area (Å²) in [5.74, 6) is 1.66. The molecule has 2 aromatic heterocycles. The van der Waals surface area contributed by atoms with Crippen molar-refractivity contribution in [2.24, 2.45) is 0 Å². The van der Waals surface area contributed by atoms with Crippen LogP contribution < -0.4 is 10.6 Å². The number of nitrogens with one attached hydrogen (secondary N) is 2. The first-order chi connectivity index (χ1) is 12.9. The molecule has 0 fully saturated rings. The zero-order valence-corrected chi connectivity index (χ0v) is 17.3. The summed E-state index contributed by atoms with van der Waals surface area (Å²) in [6.07, 6.45) is 5.61. The molecule has 0 aliphatic rings. The molecule has 0 amide bonds. The Labute approximate surface area is 162 Å². The summed E-state index contributed by atoms with van der Waals surface area (Å²) < 4.78 is 6.31. The zero-order chi connectivity index (χ0) is 19.8. The zero-order valence-electron chi connectivity index (χ0n) is 17.3. The normalized spacial score (nSPS) is 13.3. The van der Waals surface area contributed by atoms with Gasteiger partial charge in [-0.1, -0.05) is 13.8 Å². The summed E-state index contributed by atoms with van der Waals surface area (Å²) in [5, 5.41) is 6.77. The molecule has 27 heavy (non-hydrogen) atoms. The van der Waals surface area contributed by atoms with Crippen molar-refractivity contribution in [3.05, 3.63) is 35.2 Å². The second kappa shape index (κ2) is 10.2. The first-order valence-electron chi connectivity index (χ1n) is 9.66. The van der Waals surface area contributed by atoms with E-state index in [2.05, 4.69) is 44.4 Å².